The molecule has 2 rings (SSSR count). The molecule has 0 saturated carbocycles. The average molecular weight is 276 g/mol. The van der Waals surface area contributed by atoms with E-state index in [0.717, 1.165) is 32.4 Å². The minimum absolute atomic E-state index is 0.0259. The zero-order valence-corrected chi connectivity index (χ0v) is 12.6. The molecule has 0 bridgehead atoms. The number of nitrogens with two attached hydrogens (primary N) is 1. The second-order valence-corrected chi connectivity index (χ2v) is 5.64. The topological polar surface area (TPSA) is 55.6 Å². The van der Waals surface area contributed by atoms with Gasteiger partial charge < -0.3 is 15.4 Å². The minimum atomic E-state index is 0.0259. The van der Waals surface area contributed by atoms with Crippen molar-refractivity contribution in [1.82, 2.24) is 4.90 Å². The summed E-state index contributed by atoms with van der Waals surface area (Å²) in [4.78, 5) is 14.6. The maximum absolute atomic E-state index is 12.7. The van der Waals surface area contributed by atoms with Crippen molar-refractivity contribution in [2.24, 2.45) is 5.41 Å². The van der Waals surface area contributed by atoms with Gasteiger partial charge in [0.05, 0.1) is 12.7 Å². The predicted molar refractivity (Wildman–Crippen MR) is 80.9 cm³/mol. The summed E-state index contributed by atoms with van der Waals surface area (Å²) < 4.78 is 5.28. The quantitative estimate of drug-likeness (QED) is 0.860. The number of rotatable bonds is 4. The molecule has 110 valence electrons. The highest BCUT2D eigenvalue weighted by Gasteiger charge is 2.37. The number of carbonyl (C=O) groups excluding carboxylic acids is 1. The maximum Gasteiger partial charge on any atom is 0.257 e. The van der Waals surface area contributed by atoms with Crippen LogP contribution < -0.4 is 10.5 Å². The van der Waals surface area contributed by atoms with E-state index in [1.807, 2.05) is 4.90 Å². The fraction of sp³-hybridized carbons (Fsp3) is 0.562. The Bertz CT molecular complexity index is 495. The monoisotopic (exact) mass is 276 g/mol. The van der Waals surface area contributed by atoms with E-state index in [2.05, 4.69) is 13.8 Å². The highest BCUT2D eigenvalue weighted by Crippen LogP contribution is 2.38. The van der Waals surface area contributed by atoms with Gasteiger partial charge in [-0.15, -0.1) is 0 Å². The van der Waals surface area contributed by atoms with E-state index in [-0.39, 0.29) is 11.3 Å². The number of methoxy groups -OCH3 is 1. The van der Waals surface area contributed by atoms with Crippen LogP contribution in [0, 0.1) is 5.41 Å². The van der Waals surface area contributed by atoms with Gasteiger partial charge in [-0.05, 0) is 42.9 Å². The van der Waals surface area contributed by atoms with Crippen LogP contribution in [0.4, 0.5) is 5.69 Å². The number of nitrogens with zero attached hydrogens (tertiary/aromatic N) is 1. The van der Waals surface area contributed by atoms with Crippen molar-refractivity contribution in [3.8, 4) is 5.75 Å². The smallest absolute Gasteiger partial charge is 0.257 e. The summed E-state index contributed by atoms with van der Waals surface area (Å²) in [5.41, 5.74) is 7.23. The number of hydrogen-bond acceptors (Lipinski definition) is 3. The maximum atomic E-state index is 12.7. The first-order valence-electron chi connectivity index (χ1n) is 7.28. The van der Waals surface area contributed by atoms with Gasteiger partial charge in [0.25, 0.3) is 5.91 Å². The lowest BCUT2D eigenvalue weighted by Crippen LogP contribution is -2.32. The van der Waals surface area contributed by atoms with Crippen LogP contribution in [0.5, 0.6) is 5.75 Å². The molecule has 0 unspecified atom stereocenters. The summed E-state index contributed by atoms with van der Waals surface area (Å²) in [6, 6.07) is 5.21. The first-order valence-corrected chi connectivity index (χ1v) is 7.28. The Labute approximate surface area is 120 Å². The second-order valence-electron chi connectivity index (χ2n) is 5.64. The fourth-order valence-corrected chi connectivity index (χ4v) is 3.00. The van der Waals surface area contributed by atoms with Crippen molar-refractivity contribution in [3.05, 3.63) is 23.8 Å². The Morgan fingerprint density at radius 1 is 1.40 bits per heavy atom. The number of amides is 1. The Hall–Kier alpha value is -1.71. The van der Waals surface area contributed by atoms with Crippen LogP contribution in [0.25, 0.3) is 0 Å². The minimum Gasteiger partial charge on any atom is -0.496 e. The van der Waals surface area contributed by atoms with E-state index >= 15 is 0 Å². The third-order valence-corrected chi connectivity index (χ3v) is 4.68. The largest absolute Gasteiger partial charge is 0.496 e. The zero-order chi connectivity index (χ0) is 14.8. The normalized spacial score (nSPS) is 17.2. The van der Waals surface area contributed by atoms with E-state index in [1.54, 1.807) is 25.3 Å². The molecule has 4 nitrogen and oxygen atoms in total. The molecule has 1 amide bonds. The van der Waals surface area contributed by atoms with Gasteiger partial charge in [-0.1, -0.05) is 13.8 Å². The van der Waals surface area contributed by atoms with Gasteiger partial charge in [-0.3, -0.25) is 4.79 Å². The lowest BCUT2D eigenvalue weighted by molar-refractivity contribution is 0.0766. The van der Waals surface area contributed by atoms with Crippen LogP contribution in [0.2, 0.25) is 0 Å². The number of hydrogen-bond donors (Lipinski definition) is 1. The molecule has 0 aromatic heterocycles. The van der Waals surface area contributed by atoms with Crippen molar-refractivity contribution >= 4 is 11.6 Å². The number of benzene rings is 1. The predicted octanol–water partition coefficient (Wildman–Crippen LogP) is 2.93. The molecule has 1 aromatic rings. The van der Waals surface area contributed by atoms with Crippen LogP contribution in [0.3, 0.4) is 0 Å². The molecular formula is C16H24N2O2. The van der Waals surface area contributed by atoms with Crippen LogP contribution >= 0.6 is 0 Å². The summed E-state index contributed by atoms with van der Waals surface area (Å²) in [5.74, 6) is 0.618. The standard InChI is InChI=1S/C16H24N2O2/c1-4-16(5-2)8-9-18(11-16)15(19)13-10-12(17)6-7-14(13)20-3/h6-7,10H,4-5,8-9,11,17H2,1-3H3. The van der Waals surface area contributed by atoms with E-state index in [0.29, 0.717) is 17.0 Å². The van der Waals surface area contributed by atoms with Crippen LogP contribution in [-0.4, -0.2) is 31.0 Å². The number of carbonyl (C=O) groups is 1. The molecule has 1 aromatic carbocycles. The first kappa shape index (κ1) is 14.7. The molecule has 1 fully saturated rings. The van der Waals surface area contributed by atoms with Crippen LogP contribution in [0.15, 0.2) is 18.2 Å². The Morgan fingerprint density at radius 3 is 2.65 bits per heavy atom. The summed E-state index contributed by atoms with van der Waals surface area (Å²) in [7, 11) is 1.58. The van der Waals surface area contributed by atoms with E-state index in [9.17, 15) is 4.79 Å². The van der Waals surface area contributed by atoms with Gasteiger partial charge in [0.2, 0.25) is 0 Å². The van der Waals surface area contributed by atoms with Crippen molar-refractivity contribution in [1.29, 1.82) is 0 Å². The van der Waals surface area contributed by atoms with E-state index < -0.39 is 0 Å². The van der Waals surface area contributed by atoms with Crippen LogP contribution in [0.1, 0.15) is 43.5 Å². The van der Waals surface area contributed by atoms with Crippen molar-refractivity contribution in [2.45, 2.75) is 33.1 Å². The van der Waals surface area contributed by atoms with Crippen molar-refractivity contribution in [3.63, 3.8) is 0 Å². The first-order chi connectivity index (χ1) is 9.55. The van der Waals surface area contributed by atoms with Gasteiger partial charge in [0, 0.05) is 18.8 Å². The van der Waals surface area contributed by atoms with E-state index in [1.165, 1.54) is 0 Å². The molecule has 0 aliphatic carbocycles. The van der Waals surface area contributed by atoms with Crippen LogP contribution in [-0.2, 0) is 0 Å². The Kier molecular flexibility index (Phi) is 4.21. The van der Waals surface area contributed by atoms with Gasteiger partial charge in [-0.2, -0.15) is 0 Å². The van der Waals surface area contributed by atoms with E-state index in [4.69, 9.17) is 10.5 Å². The average Bonchev–Trinajstić information content (AvgIpc) is 2.91. The van der Waals surface area contributed by atoms with Crippen molar-refractivity contribution < 1.29 is 9.53 Å². The number of anilines is 1. The Balaban J connectivity index is 2.23. The third-order valence-electron chi connectivity index (χ3n) is 4.68. The third kappa shape index (κ3) is 2.60. The summed E-state index contributed by atoms with van der Waals surface area (Å²) >= 11 is 0. The summed E-state index contributed by atoms with van der Waals surface area (Å²) in [6.07, 6.45) is 3.30. The SMILES string of the molecule is CCC1(CC)CCN(C(=O)c2cc(N)ccc2OC)C1. The molecule has 0 spiro atoms. The fourth-order valence-electron chi connectivity index (χ4n) is 3.00. The zero-order valence-electron chi connectivity index (χ0n) is 12.6. The number of ether oxygens (including phenoxy) is 1. The molecule has 4 heteroatoms. The molecule has 1 saturated heterocycles. The number of nitrogen functional groups attached to an aromatic ring is 1. The molecule has 2 N–H and O–H groups in total. The molecule has 0 radical (unpaired) electrons. The summed E-state index contributed by atoms with van der Waals surface area (Å²) in [6.45, 7) is 6.06. The molecule has 1 aliphatic rings. The Morgan fingerprint density at radius 2 is 2.10 bits per heavy atom. The van der Waals surface area contributed by atoms with Gasteiger partial charge >= 0.3 is 0 Å². The molecule has 1 heterocycles. The molecular weight excluding hydrogens is 252 g/mol. The molecule has 0 atom stereocenters. The molecule has 1 aliphatic heterocycles. The van der Waals surface area contributed by atoms with Gasteiger partial charge in [0.15, 0.2) is 0 Å². The molecule has 20 heavy (non-hydrogen) atoms. The second kappa shape index (κ2) is 5.73. The van der Waals surface area contributed by atoms with Gasteiger partial charge in [-0.25, -0.2) is 0 Å². The lowest BCUT2D eigenvalue weighted by Gasteiger charge is -2.26. The highest BCUT2D eigenvalue weighted by molar-refractivity contribution is 5.98. The highest BCUT2D eigenvalue weighted by atomic mass is 16.5. The lowest BCUT2D eigenvalue weighted by atomic mass is 9.82. The summed E-state index contributed by atoms with van der Waals surface area (Å²) in [5, 5.41) is 0. The van der Waals surface area contributed by atoms with Crippen molar-refractivity contribution in [2.75, 3.05) is 25.9 Å². The number of likely N-dealkylation sites (tertiary alicyclic amines) is 1. The van der Waals surface area contributed by atoms with Gasteiger partial charge in [0.1, 0.15) is 5.75 Å².